The first-order valence-corrected chi connectivity index (χ1v) is 48.9. The van der Waals surface area contributed by atoms with Crippen LogP contribution in [0, 0.1) is 0 Å². The molecular weight excluding hydrogens is 1520 g/mol. The van der Waals surface area contributed by atoms with Gasteiger partial charge in [-0.25, -0.2) is 15.0 Å². The molecule has 0 fully saturated rings. The van der Waals surface area contributed by atoms with E-state index in [0.29, 0.717) is 45.9 Å². The van der Waals surface area contributed by atoms with Gasteiger partial charge in [-0.3, -0.25) is 0 Å². The van der Waals surface area contributed by atoms with E-state index >= 15 is 0 Å². The molecule has 8 bridgehead atoms. The van der Waals surface area contributed by atoms with Crippen molar-refractivity contribution in [2.75, 3.05) is 98.9 Å². The van der Waals surface area contributed by atoms with Crippen LogP contribution in [-0.4, -0.2) is 170 Å². The Morgan fingerprint density at radius 3 is 0.495 bits per heavy atom. The van der Waals surface area contributed by atoms with Crippen LogP contribution in [0.5, 0.6) is 0 Å². The van der Waals surface area contributed by atoms with Crippen molar-refractivity contribution in [1.29, 1.82) is 0 Å². The van der Waals surface area contributed by atoms with Crippen molar-refractivity contribution in [3.05, 3.63) is 23.3 Å². The molecule has 0 atom stereocenters. The Balaban J connectivity index is 0.0000233. The number of aromatic nitrogens is 8. The summed E-state index contributed by atoms with van der Waals surface area (Å²) in [4.78, 5) is 54.0. The van der Waals surface area contributed by atoms with Gasteiger partial charge in [0.05, 0.1) is 19.6 Å². The minimum absolute atomic E-state index is 0. The van der Waals surface area contributed by atoms with Gasteiger partial charge in [-0.1, -0.05) is 205 Å². The van der Waals surface area contributed by atoms with E-state index < -0.39 is 0 Å². The number of hydrogen-bond donors (Lipinski definition) is 8. The summed E-state index contributed by atoms with van der Waals surface area (Å²) in [6.45, 7) is 1.90. The fourth-order valence-electron chi connectivity index (χ4n) is 12.4. The SMILES string of the molecule is OCCCCCCCCSC1=C(SCCCCCCCCO)c2nc1nc1nc(nc3[n-]c(nc4[n-]c(n2)c(SCCCCCCCCO)c4SCCCCCCCCO)c(SCCCCCCCCO)c3SCCCCCCCCO)C(SCCCCCCCCO)=C1SCCCCCCCCO.[Cu+2]. The molecule has 105 heavy (non-hydrogen) atoms. The Hall–Kier alpha value is -0.681. The van der Waals surface area contributed by atoms with Crippen LogP contribution in [0.3, 0.4) is 0 Å². The van der Waals surface area contributed by atoms with E-state index in [1.54, 1.807) is 0 Å². The Kier molecular flexibility index (Phi) is 61.4. The van der Waals surface area contributed by atoms with Gasteiger partial charge >= 0.3 is 17.1 Å². The number of hydrogen-bond acceptors (Lipinski definition) is 22. The van der Waals surface area contributed by atoms with E-state index in [0.717, 1.165) is 393 Å². The Bertz CT molecular complexity index is 2710. The van der Waals surface area contributed by atoms with Crippen molar-refractivity contribution in [1.82, 2.24) is 39.9 Å². The number of unbranched alkanes of at least 4 members (excludes halogenated alkanes) is 40. The standard InChI is InChI=1S/C80H136N8O8S8.Cu/c89-49-33-17-1-9-25-41-57-97-65-66(98-58-42-26-10-2-18-34-50-90)74-81-73(65)85-75-67(99-59-43-27-11-3-19-35-51-91)68(100-60-44-28-12-4-20-36-52-92)77(82-75)87-79-71(103-63-47-31-15-7-23-39-55-95)72(104-64-48-32-16-8-24-40-56-96)80(84-79)88-78-70(102-62-46-30-14-6-22-38-54-94)69(76(83-78)86-74)101-61-45-29-13-5-21-37-53-93;/h89-96H,1-64H2;/q-2;+2. The fraction of sp³-hybridized carbons (Fsp3) is 0.800. The van der Waals surface area contributed by atoms with Crippen LogP contribution in [0.15, 0.2) is 19.6 Å². The molecule has 3 aromatic heterocycles. The molecular formula is C80H136CuN8O8S8. The van der Waals surface area contributed by atoms with Gasteiger partial charge in [-0.15, -0.1) is 94.1 Å². The average Bonchev–Trinajstić information content (AvgIpc) is 1.62. The van der Waals surface area contributed by atoms with E-state index in [2.05, 4.69) is 0 Å². The van der Waals surface area contributed by atoms with Crippen LogP contribution < -0.4 is 9.97 Å². The molecule has 0 unspecified atom stereocenters. The van der Waals surface area contributed by atoms with Crippen LogP contribution in [0.2, 0.25) is 0 Å². The van der Waals surface area contributed by atoms with E-state index in [1.807, 2.05) is 94.1 Å². The van der Waals surface area contributed by atoms with Crippen molar-refractivity contribution in [2.45, 2.75) is 328 Å². The zero-order valence-electron chi connectivity index (χ0n) is 64.0. The van der Waals surface area contributed by atoms with Gasteiger partial charge in [0.2, 0.25) is 0 Å². The number of rotatable bonds is 72. The van der Waals surface area contributed by atoms with Gasteiger partial charge < -0.3 is 65.8 Å². The van der Waals surface area contributed by atoms with Crippen LogP contribution >= 0.6 is 94.1 Å². The maximum atomic E-state index is 9.55. The van der Waals surface area contributed by atoms with Crippen molar-refractivity contribution in [3.63, 3.8) is 0 Å². The van der Waals surface area contributed by atoms with Crippen molar-refractivity contribution >= 4 is 136 Å². The van der Waals surface area contributed by atoms with Gasteiger partial charge in [0, 0.05) is 95.0 Å². The molecule has 8 N–H and O–H groups in total. The quantitative estimate of drug-likeness (QED) is 0.0148. The first-order chi connectivity index (χ1) is 51.5. The van der Waals surface area contributed by atoms with Crippen LogP contribution in [0.25, 0.3) is 42.2 Å². The topological polar surface area (TPSA) is 267 Å². The van der Waals surface area contributed by atoms with Gasteiger partial charge in [-0.05, 0) is 149 Å². The Morgan fingerprint density at radius 2 is 0.314 bits per heavy atom. The summed E-state index contributed by atoms with van der Waals surface area (Å²) in [5, 5.41) is 76.4. The molecule has 3 aromatic rings. The number of thioether (sulfide) groups is 8. The normalized spacial score (nSPS) is 12.5. The van der Waals surface area contributed by atoms with Gasteiger partial charge in [-0.2, -0.15) is 0 Å². The molecule has 2 aliphatic rings. The molecule has 2 aliphatic heterocycles. The molecule has 1 radical (unpaired) electrons. The maximum Gasteiger partial charge on any atom is 2.00 e. The fourth-order valence-corrected chi connectivity index (χ4v) is 21.8. The van der Waals surface area contributed by atoms with E-state index in [-0.39, 0.29) is 69.9 Å². The summed E-state index contributed by atoms with van der Waals surface area (Å²) in [7, 11) is 0. The molecule has 16 nitrogen and oxygen atoms in total. The summed E-state index contributed by atoms with van der Waals surface area (Å²) in [6.07, 6.45) is 50.0. The third-order valence-corrected chi connectivity index (χ3v) is 28.4. The molecule has 0 spiro atoms. The zero-order valence-corrected chi connectivity index (χ0v) is 71.5. The zero-order chi connectivity index (χ0) is 73.8. The second-order valence-corrected chi connectivity index (χ2v) is 36.5. The molecule has 0 aromatic carbocycles. The molecule has 0 saturated carbocycles. The van der Waals surface area contributed by atoms with E-state index in [4.69, 9.17) is 39.9 Å². The third kappa shape index (κ3) is 41.8. The minimum atomic E-state index is 0. The molecule has 5 rings (SSSR count). The van der Waals surface area contributed by atoms with Crippen LogP contribution in [-0.2, 0) is 17.1 Å². The van der Waals surface area contributed by atoms with E-state index in [1.165, 1.54) is 0 Å². The van der Waals surface area contributed by atoms with Gasteiger partial charge in [0.15, 0.2) is 11.6 Å². The van der Waals surface area contributed by atoms with Gasteiger partial charge in [0.25, 0.3) is 0 Å². The smallest absolute Gasteiger partial charge is 0.396 e. The Labute approximate surface area is 678 Å². The van der Waals surface area contributed by atoms with Crippen LogP contribution in [0.4, 0.5) is 0 Å². The second kappa shape index (κ2) is 66.7. The van der Waals surface area contributed by atoms with E-state index in [9.17, 15) is 40.9 Å². The predicted octanol–water partition coefficient (Wildman–Crippen LogP) is 20.8. The average molecular weight is 1660 g/mol. The third-order valence-electron chi connectivity index (χ3n) is 18.5. The number of nitrogens with zero attached hydrogens (tertiary/aromatic N) is 8. The molecule has 0 saturated heterocycles. The monoisotopic (exact) mass is 1660 g/mol. The minimum Gasteiger partial charge on any atom is -0.396 e. The molecule has 603 valence electrons. The summed E-state index contributed by atoms with van der Waals surface area (Å²) < 4.78 is 0. The molecule has 5 heterocycles. The van der Waals surface area contributed by atoms with Crippen molar-refractivity contribution in [3.8, 4) is 0 Å². The largest absolute Gasteiger partial charge is 2.00 e. The summed E-state index contributed by atoms with van der Waals surface area (Å²) >= 11 is 14.8. The summed E-state index contributed by atoms with van der Waals surface area (Å²) in [6, 6.07) is 0. The number of aliphatic hydroxyl groups excluding tert-OH is 8. The van der Waals surface area contributed by atoms with Gasteiger partial charge in [0.1, 0.15) is 11.6 Å². The molecule has 25 heteroatoms. The summed E-state index contributed by atoms with van der Waals surface area (Å²) in [5.74, 6) is 9.68. The first kappa shape index (κ1) is 96.7. The van der Waals surface area contributed by atoms with Crippen LogP contribution in [0.1, 0.15) is 331 Å². The summed E-state index contributed by atoms with van der Waals surface area (Å²) in [5.41, 5.74) is 2.55. The second-order valence-electron chi connectivity index (χ2n) is 27.7. The maximum absolute atomic E-state index is 9.55. The predicted molar refractivity (Wildman–Crippen MR) is 455 cm³/mol. The molecule has 0 aliphatic carbocycles. The van der Waals surface area contributed by atoms with Crippen molar-refractivity contribution < 1.29 is 57.9 Å². The van der Waals surface area contributed by atoms with Crippen molar-refractivity contribution in [2.24, 2.45) is 0 Å². The number of aliphatic hydroxyl groups is 8. The first-order valence-electron chi connectivity index (χ1n) is 41.0. The number of fused-ring (bicyclic) bond motifs is 8. The molecule has 0 amide bonds. The Morgan fingerprint density at radius 1 is 0.171 bits per heavy atom.